The summed E-state index contributed by atoms with van der Waals surface area (Å²) in [6.07, 6.45) is 1.82. The maximum absolute atomic E-state index is 12.1. The first-order chi connectivity index (χ1) is 13.8. The molecule has 2 rings (SSSR count). The van der Waals surface area contributed by atoms with Crippen LogP contribution in [0.15, 0.2) is 41.8 Å². The van der Waals surface area contributed by atoms with Crippen molar-refractivity contribution < 1.29 is 19.1 Å². The zero-order valence-corrected chi connectivity index (χ0v) is 17.7. The molecular formula is C21H25N3O4S. The van der Waals surface area contributed by atoms with E-state index < -0.39 is 12.1 Å². The maximum Gasteiger partial charge on any atom is 0.331 e. The monoisotopic (exact) mass is 415 g/mol. The van der Waals surface area contributed by atoms with E-state index in [0.29, 0.717) is 29.0 Å². The normalized spacial score (nSPS) is 12.0. The predicted octanol–water partition coefficient (Wildman–Crippen LogP) is 3.54. The Labute approximate surface area is 174 Å². The number of anilines is 2. The third-order valence-electron chi connectivity index (χ3n) is 3.77. The number of hydrogen-bond acceptors (Lipinski definition) is 6. The molecule has 0 unspecified atom stereocenters. The lowest BCUT2D eigenvalue weighted by Crippen LogP contribution is -2.37. The van der Waals surface area contributed by atoms with E-state index in [2.05, 4.69) is 10.3 Å². The SMILES string of the molecule is CC(=O)N(c1ccccc1)c1nc(/C=C/C(=O)O[C@H](C)C(=O)NCC(C)C)cs1. The zero-order chi connectivity index (χ0) is 21.4. The Morgan fingerprint density at radius 2 is 1.90 bits per heavy atom. The fraction of sp³-hybridized carbons (Fsp3) is 0.333. The van der Waals surface area contributed by atoms with E-state index in [-0.39, 0.29) is 11.8 Å². The summed E-state index contributed by atoms with van der Waals surface area (Å²) < 4.78 is 5.10. The second kappa shape index (κ2) is 10.5. The number of rotatable bonds is 8. The van der Waals surface area contributed by atoms with Gasteiger partial charge in [-0.2, -0.15) is 0 Å². The van der Waals surface area contributed by atoms with E-state index in [1.807, 2.05) is 44.2 Å². The van der Waals surface area contributed by atoms with E-state index in [4.69, 9.17) is 4.74 Å². The molecule has 1 aromatic carbocycles. The highest BCUT2D eigenvalue weighted by atomic mass is 32.1. The number of thiazole rings is 1. The number of benzene rings is 1. The molecule has 0 aliphatic heterocycles. The fourth-order valence-corrected chi connectivity index (χ4v) is 3.18. The van der Waals surface area contributed by atoms with Gasteiger partial charge < -0.3 is 10.1 Å². The second-order valence-electron chi connectivity index (χ2n) is 6.80. The van der Waals surface area contributed by atoms with Gasteiger partial charge in [0.2, 0.25) is 5.91 Å². The highest BCUT2D eigenvalue weighted by molar-refractivity contribution is 7.14. The van der Waals surface area contributed by atoms with Crippen molar-refractivity contribution in [1.29, 1.82) is 0 Å². The number of carbonyl (C=O) groups is 3. The van der Waals surface area contributed by atoms with Gasteiger partial charge in [0, 0.05) is 24.9 Å². The average molecular weight is 416 g/mol. The van der Waals surface area contributed by atoms with Gasteiger partial charge in [-0.25, -0.2) is 9.78 Å². The van der Waals surface area contributed by atoms with Crippen LogP contribution in [0.2, 0.25) is 0 Å². The number of nitrogens with one attached hydrogen (secondary N) is 1. The quantitative estimate of drug-likeness (QED) is 0.526. The second-order valence-corrected chi connectivity index (χ2v) is 7.63. The number of ether oxygens (including phenoxy) is 1. The number of esters is 1. The Bertz CT molecular complexity index is 877. The summed E-state index contributed by atoms with van der Waals surface area (Å²) in [6, 6.07) is 9.19. The smallest absolute Gasteiger partial charge is 0.331 e. The lowest BCUT2D eigenvalue weighted by atomic mass is 10.2. The van der Waals surface area contributed by atoms with Crippen molar-refractivity contribution in [1.82, 2.24) is 10.3 Å². The first kappa shape index (κ1) is 22.3. The molecule has 2 amide bonds. The van der Waals surface area contributed by atoms with Crippen molar-refractivity contribution in [2.24, 2.45) is 5.92 Å². The summed E-state index contributed by atoms with van der Waals surface area (Å²) in [4.78, 5) is 41.8. The van der Waals surface area contributed by atoms with Crippen LogP contribution in [-0.2, 0) is 19.1 Å². The molecule has 0 saturated carbocycles. The van der Waals surface area contributed by atoms with E-state index in [1.54, 1.807) is 5.38 Å². The Morgan fingerprint density at radius 3 is 2.52 bits per heavy atom. The molecule has 8 heteroatoms. The first-order valence-corrected chi connectivity index (χ1v) is 10.1. The van der Waals surface area contributed by atoms with Crippen molar-refractivity contribution in [3.8, 4) is 0 Å². The highest BCUT2D eigenvalue weighted by Crippen LogP contribution is 2.29. The third-order valence-corrected chi connectivity index (χ3v) is 4.61. The number of amides is 2. The summed E-state index contributed by atoms with van der Waals surface area (Å²) in [5.41, 5.74) is 1.23. The minimum Gasteiger partial charge on any atom is -0.449 e. The van der Waals surface area contributed by atoms with Gasteiger partial charge in [-0.05, 0) is 31.1 Å². The van der Waals surface area contributed by atoms with E-state index in [1.165, 1.54) is 42.2 Å². The van der Waals surface area contributed by atoms with Gasteiger partial charge >= 0.3 is 5.97 Å². The molecule has 1 atom stereocenters. The van der Waals surface area contributed by atoms with Crippen LogP contribution >= 0.6 is 11.3 Å². The van der Waals surface area contributed by atoms with Crippen LogP contribution in [0.4, 0.5) is 10.8 Å². The minimum absolute atomic E-state index is 0.165. The van der Waals surface area contributed by atoms with E-state index in [9.17, 15) is 14.4 Å². The largest absolute Gasteiger partial charge is 0.449 e. The highest BCUT2D eigenvalue weighted by Gasteiger charge is 2.18. The van der Waals surface area contributed by atoms with Crippen LogP contribution < -0.4 is 10.2 Å². The molecule has 0 aliphatic carbocycles. The van der Waals surface area contributed by atoms with Crippen molar-refractivity contribution in [3.05, 3.63) is 47.5 Å². The molecule has 1 aromatic heterocycles. The lowest BCUT2D eigenvalue weighted by Gasteiger charge is -2.17. The van der Waals surface area contributed by atoms with Crippen LogP contribution in [0.25, 0.3) is 6.08 Å². The van der Waals surface area contributed by atoms with Gasteiger partial charge in [0.05, 0.1) is 11.4 Å². The van der Waals surface area contributed by atoms with Crippen LogP contribution in [0, 0.1) is 5.92 Å². The summed E-state index contributed by atoms with van der Waals surface area (Å²) in [5, 5.41) is 4.95. The van der Waals surface area contributed by atoms with E-state index >= 15 is 0 Å². The number of nitrogens with zero attached hydrogens (tertiary/aromatic N) is 2. The molecule has 7 nitrogen and oxygen atoms in total. The molecule has 0 aliphatic rings. The Balaban J connectivity index is 2.00. The van der Waals surface area contributed by atoms with Crippen molar-refractivity contribution in [2.45, 2.75) is 33.8 Å². The van der Waals surface area contributed by atoms with Crippen molar-refractivity contribution in [3.63, 3.8) is 0 Å². The molecule has 2 aromatic rings. The third kappa shape index (κ3) is 6.83. The summed E-state index contributed by atoms with van der Waals surface area (Å²) >= 11 is 1.29. The van der Waals surface area contributed by atoms with Gasteiger partial charge in [0.1, 0.15) is 0 Å². The number of carbonyl (C=O) groups excluding carboxylic acids is 3. The lowest BCUT2D eigenvalue weighted by molar-refractivity contribution is -0.150. The van der Waals surface area contributed by atoms with Crippen molar-refractivity contribution >= 4 is 46.0 Å². The van der Waals surface area contributed by atoms with Crippen molar-refractivity contribution in [2.75, 3.05) is 11.4 Å². The molecule has 1 N–H and O–H groups in total. The number of para-hydroxylation sites is 1. The van der Waals surface area contributed by atoms with E-state index in [0.717, 1.165) is 0 Å². The minimum atomic E-state index is -0.886. The van der Waals surface area contributed by atoms with Gasteiger partial charge in [0.25, 0.3) is 5.91 Å². The standard InChI is InChI=1S/C21H25N3O4S/c1-14(2)12-22-20(27)15(3)28-19(26)11-10-17-13-29-21(23-17)24(16(4)25)18-8-6-5-7-9-18/h5-11,13-15H,12H2,1-4H3,(H,22,27)/b11-10+/t15-/m1/s1. The molecule has 1 heterocycles. The van der Waals surface area contributed by atoms with Crippen LogP contribution in [-0.4, -0.2) is 35.4 Å². The topological polar surface area (TPSA) is 88.6 Å². The molecule has 154 valence electrons. The molecule has 0 radical (unpaired) electrons. The van der Waals surface area contributed by atoms with Gasteiger partial charge in [-0.15, -0.1) is 11.3 Å². The number of hydrogen-bond donors (Lipinski definition) is 1. The Kier molecular flexibility index (Phi) is 8.09. The van der Waals surface area contributed by atoms with Gasteiger partial charge in [-0.1, -0.05) is 32.0 Å². The number of aromatic nitrogens is 1. The average Bonchev–Trinajstić information content (AvgIpc) is 3.13. The summed E-state index contributed by atoms with van der Waals surface area (Å²) in [5.74, 6) is -0.831. The summed E-state index contributed by atoms with van der Waals surface area (Å²) in [7, 11) is 0. The predicted molar refractivity (Wildman–Crippen MR) is 114 cm³/mol. The molecule has 0 saturated heterocycles. The molecule has 0 fully saturated rings. The molecule has 29 heavy (non-hydrogen) atoms. The molecule has 0 spiro atoms. The zero-order valence-electron chi connectivity index (χ0n) is 16.9. The Morgan fingerprint density at radius 1 is 1.21 bits per heavy atom. The van der Waals surface area contributed by atoms with Crippen LogP contribution in [0.5, 0.6) is 0 Å². The fourth-order valence-electron chi connectivity index (χ4n) is 2.33. The molecule has 0 bridgehead atoms. The van der Waals surface area contributed by atoms with Gasteiger partial charge in [0.15, 0.2) is 11.2 Å². The van der Waals surface area contributed by atoms with Crippen LogP contribution in [0.3, 0.4) is 0 Å². The molecular weight excluding hydrogens is 390 g/mol. The van der Waals surface area contributed by atoms with Gasteiger partial charge in [-0.3, -0.25) is 14.5 Å². The summed E-state index contributed by atoms with van der Waals surface area (Å²) in [6.45, 7) is 7.46. The maximum atomic E-state index is 12.1. The van der Waals surface area contributed by atoms with Crippen LogP contribution in [0.1, 0.15) is 33.4 Å². The Hall–Kier alpha value is -3.00. The first-order valence-electron chi connectivity index (χ1n) is 9.25.